The summed E-state index contributed by atoms with van der Waals surface area (Å²) in [5.41, 5.74) is 6.30. The molecule has 9 heteroatoms. The highest BCUT2D eigenvalue weighted by molar-refractivity contribution is 7.89. The molecular weight excluding hydrogens is 398 g/mol. The van der Waals surface area contributed by atoms with Crippen molar-refractivity contribution in [3.05, 3.63) is 51.2 Å². The number of thiophene rings is 1. The Bertz CT molecular complexity index is 940. The Morgan fingerprint density at radius 2 is 1.57 bits per heavy atom. The normalized spacial score (nSPS) is 14.5. The van der Waals surface area contributed by atoms with Gasteiger partial charge in [0.05, 0.1) is 9.77 Å². The van der Waals surface area contributed by atoms with E-state index in [-0.39, 0.29) is 16.4 Å². The zero-order valence-electron chi connectivity index (χ0n) is 15.6. The van der Waals surface area contributed by atoms with E-state index in [1.54, 1.807) is 0 Å². The molecule has 0 unspecified atom stereocenters. The fourth-order valence-corrected chi connectivity index (χ4v) is 4.99. The Balaban J connectivity index is 1.61. The summed E-state index contributed by atoms with van der Waals surface area (Å²) < 4.78 is 25.6. The molecule has 3 rings (SSSR count). The zero-order valence-corrected chi connectivity index (χ0v) is 17.2. The topological polar surface area (TPSA) is 104 Å². The van der Waals surface area contributed by atoms with Crippen LogP contribution in [0.3, 0.4) is 0 Å². The van der Waals surface area contributed by atoms with E-state index in [0.29, 0.717) is 4.88 Å². The monoisotopic (exact) mass is 421 g/mol. The van der Waals surface area contributed by atoms with Crippen LogP contribution in [0.5, 0.6) is 0 Å². The molecule has 1 aromatic carbocycles. The first kappa shape index (κ1) is 20.5. The number of fused-ring (bicyclic) bond motifs is 1. The van der Waals surface area contributed by atoms with E-state index in [9.17, 15) is 18.0 Å². The molecule has 0 saturated heterocycles. The van der Waals surface area contributed by atoms with Crippen molar-refractivity contribution >= 4 is 33.2 Å². The van der Waals surface area contributed by atoms with E-state index >= 15 is 0 Å². The number of hydrogen-bond acceptors (Lipinski definition) is 5. The van der Waals surface area contributed by atoms with E-state index in [4.69, 9.17) is 0 Å². The standard InChI is InChI=1S/C19H23N3O4S2/c1-20-28(25,26)15-10-8-13(9-11-15)18(23)21-22-19(24)17-12-14-6-4-2-3-5-7-16(14)27-17/h8-12,20H,2-7H2,1H3,(H,21,23)(H,22,24). The van der Waals surface area contributed by atoms with Crippen molar-refractivity contribution in [1.82, 2.24) is 15.6 Å². The van der Waals surface area contributed by atoms with E-state index < -0.39 is 15.9 Å². The number of sulfonamides is 1. The number of hydrogen-bond donors (Lipinski definition) is 3. The van der Waals surface area contributed by atoms with E-state index in [0.717, 1.165) is 25.7 Å². The fraction of sp³-hybridized carbons (Fsp3) is 0.368. The van der Waals surface area contributed by atoms with Crippen LogP contribution in [0.2, 0.25) is 0 Å². The second-order valence-corrected chi connectivity index (χ2v) is 9.64. The van der Waals surface area contributed by atoms with Gasteiger partial charge in [0.2, 0.25) is 10.0 Å². The Morgan fingerprint density at radius 3 is 2.25 bits per heavy atom. The highest BCUT2D eigenvalue weighted by Crippen LogP contribution is 2.28. The lowest BCUT2D eigenvalue weighted by Gasteiger charge is -2.07. The molecule has 2 aromatic rings. The SMILES string of the molecule is CNS(=O)(=O)c1ccc(C(=O)NNC(=O)c2cc3c(s2)CCCCCC3)cc1. The molecule has 1 heterocycles. The third-order valence-corrected chi connectivity index (χ3v) is 7.37. The quantitative estimate of drug-likeness (QED) is 0.659. The van der Waals surface area contributed by atoms with E-state index in [1.165, 1.54) is 65.9 Å². The minimum atomic E-state index is -3.56. The van der Waals surface area contributed by atoms with Crippen molar-refractivity contribution in [2.24, 2.45) is 0 Å². The van der Waals surface area contributed by atoms with Crippen molar-refractivity contribution in [1.29, 1.82) is 0 Å². The largest absolute Gasteiger partial charge is 0.279 e. The molecule has 3 N–H and O–H groups in total. The van der Waals surface area contributed by atoms with Gasteiger partial charge in [-0.25, -0.2) is 13.1 Å². The molecule has 28 heavy (non-hydrogen) atoms. The van der Waals surface area contributed by atoms with Crippen LogP contribution in [0.25, 0.3) is 0 Å². The number of aryl methyl sites for hydroxylation is 2. The lowest BCUT2D eigenvalue weighted by Crippen LogP contribution is -2.41. The predicted octanol–water partition coefficient (Wildman–Crippen LogP) is 2.39. The number of nitrogens with one attached hydrogen (secondary N) is 3. The molecule has 1 aliphatic carbocycles. The molecule has 1 aromatic heterocycles. The fourth-order valence-electron chi connectivity index (χ4n) is 3.11. The van der Waals surface area contributed by atoms with Gasteiger partial charge in [-0.1, -0.05) is 12.8 Å². The molecule has 7 nitrogen and oxygen atoms in total. The molecule has 2 amide bonds. The predicted molar refractivity (Wildman–Crippen MR) is 108 cm³/mol. The summed E-state index contributed by atoms with van der Waals surface area (Å²) in [6.45, 7) is 0. The van der Waals surface area contributed by atoms with Gasteiger partial charge in [-0.15, -0.1) is 11.3 Å². The highest BCUT2D eigenvalue weighted by atomic mass is 32.2. The highest BCUT2D eigenvalue weighted by Gasteiger charge is 2.17. The summed E-state index contributed by atoms with van der Waals surface area (Å²) in [6.07, 6.45) is 6.73. The van der Waals surface area contributed by atoms with Crippen LogP contribution < -0.4 is 15.6 Å². The summed E-state index contributed by atoms with van der Waals surface area (Å²) in [6, 6.07) is 7.37. The van der Waals surface area contributed by atoms with Gasteiger partial charge in [0.15, 0.2) is 0 Å². The third-order valence-electron chi connectivity index (χ3n) is 4.71. The number of rotatable bonds is 4. The van der Waals surface area contributed by atoms with Crippen LogP contribution in [0.4, 0.5) is 0 Å². The van der Waals surface area contributed by atoms with E-state index in [2.05, 4.69) is 15.6 Å². The maximum atomic E-state index is 12.4. The minimum Gasteiger partial charge on any atom is -0.267 e. The first-order valence-corrected chi connectivity index (χ1v) is 11.5. The molecule has 150 valence electrons. The first-order valence-electron chi connectivity index (χ1n) is 9.16. The summed E-state index contributed by atoms with van der Waals surface area (Å²) >= 11 is 1.48. The average Bonchev–Trinajstić information content (AvgIpc) is 3.08. The van der Waals surface area contributed by atoms with Gasteiger partial charge in [0.1, 0.15) is 0 Å². The number of hydrazine groups is 1. The van der Waals surface area contributed by atoms with E-state index in [1.807, 2.05) is 6.07 Å². The van der Waals surface area contributed by atoms with Gasteiger partial charge in [-0.2, -0.15) is 0 Å². The van der Waals surface area contributed by atoms with Crippen molar-refractivity contribution < 1.29 is 18.0 Å². The summed E-state index contributed by atoms with van der Waals surface area (Å²) in [5, 5.41) is 0. The molecule has 1 aliphatic rings. The second-order valence-electron chi connectivity index (χ2n) is 6.61. The van der Waals surface area contributed by atoms with Crippen LogP contribution in [0, 0.1) is 0 Å². The Morgan fingerprint density at radius 1 is 0.929 bits per heavy atom. The van der Waals surface area contributed by atoms with Gasteiger partial charge in [-0.3, -0.25) is 20.4 Å². The lowest BCUT2D eigenvalue weighted by molar-refractivity contribution is 0.0849. The lowest BCUT2D eigenvalue weighted by atomic mass is 10.00. The summed E-state index contributed by atoms with van der Waals surface area (Å²) in [5.74, 6) is -0.865. The zero-order chi connectivity index (χ0) is 20.1. The number of benzene rings is 1. The number of amides is 2. The first-order chi connectivity index (χ1) is 13.4. The third kappa shape index (κ3) is 4.78. The molecule has 0 saturated carbocycles. The van der Waals surface area contributed by atoms with Crippen molar-refractivity contribution in [2.45, 2.75) is 43.4 Å². The summed E-state index contributed by atoms with van der Waals surface area (Å²) in [4.78, 5) is 26.5. The Labute approximate surface area is 168 Å². The van der Waals surface area contributed by atoms with Crippen molar-refractivity contribution in [3.8, 4) is 0 Å². The van der Waals surface area contributed by atoms with Crippen LogP contribution >= 0.6 is 11.3 Å². The minimum absolute atomic E-state index is 0.0617. The Kier molecular flexibility index (Phi) is 6.48. The molecule has 0 bridgehead atoms. The van der Waals surface area contributed by atoms with Crippen molar-refractivity contribution in [2.75, 3.05) is 7.05 Å². The molecule has 0 spiro atoms. The molecule has 0 fully saturated rings. The molecule has 0 atom stereocenters. The molecule has 0 aliphatic heterocycles. The smallest absolute Gasteiger partial charge is 0.267 e. The number of carbonyl (C=O) groups is 2. The van der Waals surface area contributed by atoms with Gasteiger partial charge in [-0.05, 0) is 68.6 Å². The van der Waals surface area contributed by atoms with Crippen LogP contribution in [0.1, 0.15) is 56.2 Å². The van der Waals surface area contributed by atoms with Gasteiger partial charge in [0.25, 0.3) is 11.8 Å². The van der Waals surface area contributed by atoms with Crippen LogP contribution in [0.15, 0.2) is 35.2 Å². The Hall–Kier alpha value is -2.23. The van der Waals surface area contributed by atoms with Gasteiger partial charge < -0.3 is 0 Å². The maximum absolute atomic E-state index is 12.4. The molecule has 0 radical (unpaired) electrons. The van der Waals surface area contributed by atoms with Crippen LogP contribution in [-0.2, 0) is 22.9 Å². The van der Waals surface area contributed by atoms with Crippen molar-refractivity contribution in [3.63, 3.8) is 0 Å². The number of carbonyl (C=O) groups excluding carboxylic acids is 2. The maximum Gasteiger partial charge on any atom is 0.279 e. The van der Waals surface area contributed by atoms with Crippen LogP contribution in [-0.4, -0.2) is 27.3 Å². The molecular formula is C19H23N3O4S2. The second kappa shape index (κ2) is 8.85. The average molecular weight is 422 g/mol. The summed E-state index contributed by atoms with van der Waals surface area (Å²) in [7, 11) is -2.24. The van der Waals surface area contributed by atoms with Gasteiger partial charge >= 0.3 is 0 Å². The van der Waals surface area contributed by atoms with Gasteiger partial charge in [0, 0.05) is 10.4 Å².